The summed E-state index contributed by atoms with van der Waals surface area (Å²) in [5.74, 6) is 0.658. The van der Waals surface area contributed by atoms with Crippen LogP contribution >= 0.6 is 0 Å². The number of phenolic OH excluding ortho intramolecular Hbond substituents is 1. The molecule has 1 heterocycles. The molecule has 1 saturated heterocycles. The summed E-state index contributed by atoms with van der Waals surface area (Å²) in [4.78, 5) is 2.32. The molecule has 0 saturated carbocycles. The Bertz CT molecular complexity index is 724. The average Bonchev–Trinajstić information content (AvgIpc) is 2.66. The Hall–Kier alpha value is -2.41. The highest BCUT2D eigenvalue weighted by atomic mass is 19.4. The molecule has 2 aromatic rings. The van der Waals surface area contributed by atoms with Crippen LogP contribution in [0, 0.1) is 5.92 Å². The standard InChI is InChI=1S/C21H24F3NO3/c22-21(23,24)28-20-7-1-17(2-8-20)15-27-14-11-16-9-12-25(13-10-16)18-3-5-19(26)6-4-18/h1-8,16,26H,9-15H2. The molecular weight excluding hydrogens is 371 g/mol. The summed E-state index contributed by atoms with van der Waals surface area (Å²) in [6.45, 7) is 2.97. The predicted octanol–water partition coefficient (Wildman–Crippen LogP) is 5.11. The third-order valence-corrected chi connectivity index (χ3v) is 4.93. The van der Waals surface area contributed by atoms with E-state index in [-0.39, 0.29) is 11.5 Å². The fourth-order valence-corrected chi connectivity index (χ4v) is 3.37. The molecule has 2 aromatic carbocycles. The number of aromatic hydroxyl groups is 1. The van der Waals surface area contributed by atoms with Gasteiger partial charge in [0.2, 0.25) is 0 Å². The molecule has 0 radical (unpaired) electrons. The van der Waals surface area contributed by atoms with E-state index in [1.54, 1.807) is 24.3 Å². The number of anilines is 1. The van der Waals surface area contributed by atoms with Gasteiger partial charge in [0.25, 0.3) is 0 Å². The molecule has 28 heavy (non-hydrogen) atoms. The molecule has 0 atom stereocenters. The largest absolute Gasteiger partial charge is 0.573 e. The number of benzene rings is 2. The number of alkyl halides is 3. The average molecular weight is 395 g/mol. The van der Waals surface area contributed by atoms with Crippen molar-refractivity contribution in [2.24, 2.45) is 5.92 Å². The van der Waals surface area contributed by atoms with Gasteiger partial charge in [0.15, 0.2) is 0 Å². The second kappa shape index (κ2) is 9.19. The van der Waals surface area contributed by atoms with Crippen LogP contribution < -0.4 is 9.64 Å². The Morgan fingerprint density at radius 1 is 0.964 bits per heavy atom. The fraction of sp³-hybridized carbons (Fsp3) is 0.429. The number of ether oxygens (including phenoxy) is 2. The zero-order valence-electron chi connectivity index (χ0n) is 15.5. The van der Waals surface area contributed by atoms with Crippen LogP contribution in [0.4, 0.5) is 18.9 Å². The maximum Gasteiger partial charge on any atom is 0.573 e. The minimum atomic E-state index is -4.67. The van der Waals surface area contributed by atoms with Crippen LogP contribution in [0.1, 0.15) is 24.8 Å². The van der Waals surface area contributed by atoms with E-state index in [1.165, 1.54) is 12.1 Å². The lowest BCUT2D eigenvalue weighted by Crippen LogP contribution is -2.33. The van der Waals surface area contributed by atoms with E-state index < -0.39 is 6.36 Å². The molecular formula is C21H24F3NO3. The van der Waals surface area contributed by atoms with Gasteiger partial charge < -0.3 is 19.5 Å². The first-order valence-electron chi connectivity index (χ1n) is 9.35. The van der Waals surface area contributed by atoms with Crippen molar-refractivity contribution in [1.29, 1.82) is 0 Å². The Labute approximate surface area is 162 Å². The molecule has 0 spiro atoms. The molecule has 3 rings (SSSR count). The maximum absolute atomic E-state index is 12.1. The quantitative estimate of drug-likeness (QED) is 0.661. The van der Waals surface area contributed by atoms with Crippen molar-refractivity contribution in [3.05, 3.63) is 54.1 Å². The van der Waals surface area contributed by atoms with Gasteiger partial charge in [-0.15, -0.1) is 13.2 Å². The summed E-state index contributed by atoms with van der Waals surface area (Å²) in [6, 6.07) is 13.0. The predicted molar refractivity (Wildman–Crippen MR) is 100 cm³/mol. The number of hydrogen-bond acceptors (Lipinski definition) is 4. The zero-order chi connectivity index (χ0) is 20.0. The van der Waals surface area contributed by atoms with Crippen LogP contribution in [0.25, 0.3) is 0 Å². The van der Waals surface area contributed by atoms with Crippen molar-refractivity contribution in [3.8, 4) is 11.5 Å². The summed E-state index contributed by atoms with van der Waals surface area (Å²) in [6.07, 6.45) is -1.52. The highest BCUT2D eigenvalue weighted by Gasteiger charge is 2.30. The molecule has 4 nitrogen and oxygen atoms in total. The minimum Gasteiger partial charge on any atom is -0.508 e. The minimum absolute atomic E-state index is 0.225. The lowest BCUT2D eigenvalue weighted by atomic mass is 9.93. The van der Waals surface area contributed by atoms with E-state index in [9.17, 15) is 18.3 Å². The molecule has 1 fully saturated rings. The highest BCUT2D eigenvalue weighted by Crippen LogP contribution is 2.27. The SMILES string of the molecule is Oc1ccc(N2CCC(CCOCc3ccc(OC(F)(F)F)cc3)CC2)cc1. The van der Waals surface area contributed by atoms with E-state index in [0.717, 1.165) is 43.6 Å². The second-order valence-corrected chi connectivity index (χ2v) is 6.98. The summed E-state index contributed by atoms with van der Waals surface area (Å²) < 4.78 is 46.0. The Balaban J connectivity index is 1.33. The third-order valence-electron chi connectivity index (χ3n) is 4.93. The maximum atomic E-state index is 12.1. The van der Waals surface area contributed by atoms with Crippen molar-refractivity contribution >= 4 is 5.69 Å². The van der Waals surface area contributed by atoms with Crippen LogP contribution in [-0.2, 0) is 11.3 Å². The lowest BCUT2D eigenvalue weighted by molar-refractivity contribution is -0.274. The molecule has 152 valence electrons. The molecule has 1 aliphatic heterocycles. The van der Waals surface area contributed by atoms with Gasteiger partial charge >= 0.3 is 6.36 Å². The van der Waals surface area contributed by atoms with Gasteiger partial charge in [0.05, 0.1) is 6.61 Å². The van der Waals surface area contributed by atoms with Gasteiger partial charge in [-0.25, -0.2) is 0 Å². The smallest absolute Gasteiger partial charge is 0.508 e. The van der Waals surface area contributed by atoms with Crippen LogP contribution in [0.3, 0.4) is 0 Å². The van der Waals surface area contributed by atoms with Gasteiger partial charge in [-0.3, -0.25) is 0 Å². The van der Waals surface area contributed by atoms with E-state index in [2.05, 4.69) is 9.64 Å². The van der Waals surface area contributed by atoms with E-state index in [1.807, 2.05) is 12.1 Å². The van der Waals surface area contributed by atoms with Gasteiger partial charge in [0, 0.05) is 25.4 Å². The Kier molecular flexibility index (Phi) is 6.67. The normalized spacial score (nSPS) is 15.6. The van der Waals surface area contributed by atoms with E-state index in [0.29, 0.717) is 19.1 Å². The van der Waals surface area contributed by atoms with Gasteiger partial charge in [-0.05, 0) is 67.1 Å². The molecule has 0 bridgehead atoms. The molecule has 0 amide bonds. The Morgan fingerprint density at radius 3 is 2.21 bits per heavy atom. The first-order chi connectivity index (χ1) is 13.4. The topological polar surface area (TPSA) is 41.9 Å². The van der Waals surface area contributed by atoms with Gasteiger partial charge in [0.1, 0.15) is 11.5 Å². The number of hydrogen-bond donors (Lipinski definition) is 1. The van der Waals surface area contributed by atoms with Crippen LogP contribution in [0.2, 0.25) is 0 Å². The fourth-order valence-electron chi connectivity index (χ4n) is 3.37. The van der Waals surface area contributed by atoms with Crippen LogP contribution in [0.15, 0.2) is 48.5 Å². The number of nitrogens with zero attached hydrogens (tertiary/aromatic N) is 1. The summed E-state index contributed by atoms with van der Waals surface area (Å²) >= 11 is 0. The van der Waals surface area contributed by atoms with Crippen molar-refractivity contribution in [2.75, 3.05) is 24.6 Å². The first kappa shape index (κ1) is 20.3. The second-order valence-electron chi connectivity index (χ2n) is 6.98. The van der Waals surface area contributed by atoms with Crippen molar-refractivity contribution < 1.29 is 27.8 Å². The molecule has 1 N–H and O–H groups in total. The highest BCUT2D eigenvalue weighted by molar-refractivity contribution is 5.49. The van der Waals surface area contributed by atoms with Crippen molar-refractivity contribution in [1.82, 2.24) is 0 Å². The number of halogens is 3. The monoisotopic (exact) mass is 395 g/mol. The first-order valence-corrected chi connectivity index (χ1v) is 9.35. The number of phenols is 1. The van der Waals surface area contributed by atoms with Gasteiger partial charge in [-0.1, -0.05) is 12.1 Å². The van der Waals surface area contributed by atoms with Crippen molar-refractivity contribution in [2.45, 2.75) is 32.2 Å². The number of rotatable bonds is 7. The lowest BCUT2D eigenvalue weighted by Gasteiger charge is -2.33. The van der Waals surface area contributed by atoms with Crippen LogP contribution in [0.5, 0.6) is 11.5 Å². The molecule has 1 aliphatic rings. The zero-order valence-corrected chi connectivity index (χ0v) is 15.5. The summed E-state index contributed by atoms with van der Waals surface area (Å²) in [7, 11) is 0. The third kappa shape index (κ3) is 6.34. The Morgan fingerprint density at radius 2 is 1.61 bits per heavy atom. The van der Waals surface area contributed by atoms with Crippen LogP contribution in [-0.4, -0.2) is 31.2 Å². The molecule has 0 aromatic heterocycles. The van der Waals surface area contributed by atoms with Crippen molar-refractivity contribution in [3.63, 3.8) is 0 Å². The molecule has 0 aliphatic carbocycles. The molecule has 7 heteroatoms. The molecule has 0 unspecified atom stereocenters. The summed E-state index contributed by atoms with van der Waals surface area (Å²) in [5.41, 5.74) is 1.95. The van der Waals surface area contributed by atoms with E-state index in [4.69, 9.17) is 4.74 Å². The summed E-state index contributed by atoms with van der Waals surface area (Å²) in [5, 5.41) is 9.37. The van der Waals surface area contributed by atoms with E-state index >= 15 is 0 Å². The van der Waals surface area contributed by atoms with Gasteiger partial charge in [-0.2, -0.15) is 0 Å². The number of piperidine rings is 1.